The molecule has 0 aromatic heterocycles. The third-order valence-corrected chi connectivity index (χ3v) is 3.28. The van der Waals surface area contributed by atoms with Gasteiger partial charge in [-0.15, -0.1) is 0 Å². The summed E-state index contributed by atoms with van der Waals surface area (Å²) < 4.78 is 0. The van der Waals surface area contributed by atoms with E-state index in [-0.39, 0.29) is 0 Å². The highest BCUT2D eigenvalue weighted by molar-refractivity contribution is 5.61. The van der Waals surface area contributed by atoms with Crippen LogP contribution in [0.2, 0.25) is 0 Å². The molecule has 0 saturated carbocycles. The number of benzene rings is 1. The van der Waals surface area contributed by atoms with Gasteiger partial charge in [-0.1, -0.05) is 19.1 Å². The molecule has 1 aliphatic rings. The summed E-state index contributed by atoms with van der Waals surface area (Å²) in [5.74, 6) is 5.70. The van der Waals surface area contributed by atoms with Gasteiger partial charge in [0, 0.05) is 24.2 Å². The van der Waals surface area contributed by atoms with Crippen LogP contribution in [0.25, 0.3) is 0 Å². The molecule has 1 aromatic carbocycles. The number of hydrogen-bond acceptors (Lipinski definition) is 3. The third-order valence-electron chi connectivity index (χ3n) is 3.28. The van der Waals surface area contributed by atoms with E-state index >= 15 is 0 Å². The predicted octanol–water partition coefficient (Wildman–Crippen LogP) is 2.41. The molecule has 0 aliphatic carbocycles. The second-order valence-corrected chi connectivity index (χ2v) is 4.85. The average molecular weight is 220 g/mol. The van der Waals surface area contributed by atoms with Crippen LogP contribution in [-0.2, 0) is 11.4 Å². The van der Waals surface area contributed by atoms with Crippen LogP contribution in [0.5, 0.6) is 0 Å². The van der Waals surface area contributed by atoms with Crippen LogP contribution in [0, 0.1) is 0 Å². The summed E-state index contributed by atoms with van der Waals surface area (Å²) >= 11 is 0. The average Bonchev–Trinajstić information content (AvgIpc) is 2.57. The Morgan fingerprint density at radius 3 is 2.88 bits per heavy atom. The lowest BCUT2D eigenvalue weighted by Gasteiger charge is -2.24. The Kier molecular flexibility index (Phi) is 3.17. The Labute approximate surface area is 97.1 Å². The first kappa shape index (κ1) is 11.4. The second-order valence-electron chi connectivity index (χ2n) is 4.85. The number of fused-ring (bicyclic) bond motifs is 1. The molecular formula is C13H20N2O. The maximum absolute atomic E-state index is 5.11. The van der Waals surface area contributed by atoms with Crippen LogP contribution in [0.4, 0.5) is 5.69 Å². The summed E-state index contributed by atoms with van der Waals surface area (Å²) in [5, 5.41) is 0. The van der Waals surface area contributed by atoms with Gasteiger partial charge in [0.25, 0.3) is 0 Å². The summed E-state index contributed by atoms with van der Waals surface area (Å²) in [7, 11) is 0. The molecule has 16 heavy (non-hydrogen) atoms. The highest BCUT2D eigenvalue weighted by Gasteiger charge is 2.26. The van der Waals surface area contributed by atoms with Crippen molar-refractivity contribution in [1.29, 1.82) is 0 Å². The second kappa shape index (κ2) is 4.44. The quantitative estimate of drug-likeness (QED) is 0.795. The van der Waals surface area contributed by atoms with Crippen LogP contribution in [0.3, 0.4) is 0 Å². The van der Waals surface area contributed by atoms with Crippen LogP contribution < -0.4 is 10.8 Å². The first-order valence-electron chi connectivity index (χ1n) is 5.84. The maximum atomic E-state index is 5.11. The molecular weight excluding hydrogens is 200 g/mol. The van der Waals surface area contributed by atoms with Crippen LogP contribution in [-0.4, -0.2) is 12.6 Å². The summed E-state index contributed by atoms with van der Waals surface area (Å²) in [6.07, 6.45) is 0. The number of rotatable bonds is 3. The third kappa shape index (κ3) is 1.93. The van der Waals surface area contributed by atoms with Gasteiger partial charge in [0.2, 0.25) is 0 Å². The molecule has 1 atom stereocenters. The fourth-order valence-corrected chi connectivity index (χ4v) is 2.43. The number of anilines is 1. The summed E-state index contributed by atoms with van der Waals surface area (Å²) in [4.78, 5) is 7.14. The summed E-state index contributed by atoms with van der Waals surface area (Å²) in [6, 6.07) is 7.06. The molecule has 1 heterocycles. The van der Waals surface area contributed by atoms with Crippen molar-refractivity contribution in [2.45, 2.75) is 39.3 Å². The zero-order chi connectivity index (χ0) is 11.7. The molecule has 2 N–H and O–H groups in total. The van der Waals surface area contributed by atoms with Crippen molar-refractivity contribution in [3.05, 3.63) is 29.3 Å². The van der Waals surface area contributed by atoms with Crippen LogP contribution in [0.15, 0.2) is 18.2 Å². The minimum atomic E-state index is 0.488. The number of nitrogens with two attached hydrogens (primary N) is 1. The minimum absolute atomic E-state index is 0.488. The first-order chi connectivity index (χ1) is 7.63. The molecule has 0 amide bonds. The highest BCUT2D eigenvalue weighted by Crippen LogP contribution is 2.37. The lowest BCUT2D eigenvalue weighted by molar-refractivity contribution is 0.124. The molecule has 0 spiro atoms. The summed E-state index contributed by atoms with van der Waals surface area (Å²) in [6.45, 7) is 8.34. The predicted molar refractivity (Wildman–Crippen MR) is 66.3 cm³/mol. The Morgan fingerprint density at radius 2 is 2.25 bits per heavy atom. The first-order valence-corrected chi connectivity index (χ1v) is 5.84. The van der Waals surface area contributed by atoms with Crippen molar-refractivity contribution in [3.63, 3.8) is 0 Å². The Bertz CT molecular complexity index is 376. The zero-order valence-corrected chi connectivity index (χ0v) is 10.2. The van der Waals surface area contributed by atoms with E-state index in [1.165, 1.54) is 11.3 Å². The largest absolute Gasteiger partial charge is 0.368 e. The Morgan fingerprint density at radius 1 is 1.50 bits per heavy atom. The van der Waals surface area contributed by atoms with Crippen molar-refractivity contribution < 1.29 is 4.84 Å². The smallest absolute Gasteiger partial charge is 0.0930 e. The normalized spacial score (nSPS) is 19.3. The van der Waals surface area contributed by atoms with E-state index in [1.807, 2.05) is 0 Å². The standard InChI is InChI=1S/C13H20N2O/c1-9(2)15-7-10(3)12-6-11(8-16-14)4-5-13(12)15/h4-6,9-10H,7-8,14H2,1-3H3. The molecule has 3 nitrogen and oxygen atoms in total. The van der Waals surface area contributed by atoms with Crippen LogP contribution in [0.1, 0.15) is 37.8 Å². The molecule has 2 rings (SSSR count). The topological polar surface area (TPSA) is 38.5 Å². The van der Waals surface area contributed by atoms with Crippen LogP contribution >= 0.6 is 0 Å². The molecule has 1 aromatic rings. The molecule has 1 unspecified atom stereocenters. The number of hydrogen-bond donors (Lipinski definition) is 1. The highest BCUT2D eigenvalue weighted by atomic mass is 16.6. The Balaban J connectivity index is 2.33. The molecule has 0 bridgehead atoms. The van der Waals surface area contributed by atoms with E-state index in [4.69, 9.17) is 5.90 Å². The molecule has 88 valence electrons. The van der Waals surface area contributed by atoms with E-state index in [0.29, 0.717) is 18.6 Å². The van der Waals surface area contributed by atoms with Gasteiger partial charge in [-0.2, -0.15) is 0 Å². The monoisotopic (exact) mass is 220 g/mol. The lowest BCUT2D eigenvalue weighted by Crippen LogP contribution is -2.28. The zero-order valence-electron chi connectivity index (χ0n) is 10.2. The van der Waals surface area contributed by atoms with Crippen molar-refractivity contribution in [1.82, 2.24) is 0 Å². The van der Waals surface area contributed by atoms with Crippen molar-refractivity contribution in [2.24, 2.45) is 5.90 Å². The van der Waals surface area contributed by atoms with Gasteiger partial charge in [0.1, 0.15) is 0 Å². The SMILES string of the molecule is CC1CN(C(C)C)c2ccc(CON)cc21. The summed E-state index contributed by atoms with van der Waals surface area (Å²) in [5.41, 5.74) is 3.94. The van der Waals surface area contributed by atoms with Gasteiger partial charge in [-0.25, -0.2) is 5.90 Å². The number of nitrogens with zero attached hydrogens (tertiary/aromatic N) is 1. The van der Waals surface area contributed by atoms with E-state index in [1.54, 1.807) is 0 Å². The van der Waals surface area contributed by atoms with Gasteiger partial charge in [-0.3, -0.25) is 4.84 Å². The molecule has 3 heteroatoms. The molecule has 0 radical (unpaired) electrons. The molecule has 0 saturated heterocycles. The molecule has 1 aliphatic heterocycles. The Hall–Kier alpha value is -1.06. The van der Waals surface area contributed by atoms with Gasteiger partial charge in [0.15, 0.2) is 0 Å². The lowest BCUT2D eigenvalue weighted by atomic mass is 10.0. The van der Waals surface area contributed by atoms with Gasteiger partial charge >= 0.3 is 0 Å². The minimum Gasteiger partial charge on any atom is -0.368 e. The van der Waals surface area contributed by atoms with Crippen molar-refractivity contribution in [2.75, 3.05) is 11.4 Å². The maximum Gasteiger partial charge on any atom is 0.0930 e. The molecule has 0 fully saturated rings. The fourth-order valence-electron chi connectivity index (χ4n) is 2.43. The van der Waals surface area contributed by atoms with E-state index in [2.05, 4.69) is 48.7 Å². The van der Waals surface area contributed by atoms with E-state index in [0.717, 1.165) is 12.1 Å². The van der Waals surface area contributed by atoms with Gasteiger partial charge in [0.05, 0.1) is 6.61 Å². The van der Waals surface area contributed by atoms with Crippen molar-refractivity contribution >= 4 is 5.69 Å². The van der Waals surface area contributed by atoms with Crippen molar-refractivity contribution in [3.8, 4) is 0 Å². The van der Waals surface area contributed by atoms with E-state index < -0.39 is 0 Å². The fraction of sp³-hybridized carbons (Fsp3) is 0.538. The van der Waals surface area contributed by atoms with Gasteiger partial charge < -0.3 is 4.90 Å². The van der Waals surface area contributed by atoms with Gasteiger partial charge in [-0.05, 0) is 31.0 Å². The van der Waals surface area contributed by atoms with E-state index in [9.17, 15) is 0 Å².